The van der Waals surface area contributed by atoms with Gasteiger partial charge in [0.15, 0.2) is 0 Å². The van der Waals surface area contributed by atoms with Crippen molar-refractivity contribution in [2.45, 2.75) is 6.04 Å². The van der Waals surface area contributed by atoms with Gasteiger partial charge < -0.3 is 9.88 Å². The van der Waals surface area contributed by atoms with E-state index in [1.165, 1.54) is 0 Å². The van der Waals surface area contributed by atoms with Crippen LogP contribution >= 0.6 is 11.6 Å². The molecule has 1 unspecified atom stereocenters. The summed E-state index contributed by atoms with van der Waals surface area (Å²) in [6.07, 6.45) is 8.52. The first kappa shape index (κ1) is 15.2. The molecule has 23 heavy (non-hydrogen) atoms. The smallest absolute Gasteiger partial charge is 0.251 e. The van der Waals surface area contributed by atoms with Crippen molar-refractivity contribution in [3.05, 3.63) is 83.7 Å². The number of pyridine rings is 1. The summed E-state index contributed by atoms with van der Waals surface area (Å²) < 4.78 is 1.95. The van der Waals surface area contributed by atoms with Crippen LogP contribution in [-0.2, 0) is 0 Å². The van der Waals surface area contributed by atoms with E-state index in [0.717, 1.165) is 5.56 Å². The Morgan fingerprint density at radius 3 is 2.48 bits per heavy atom. The van der Waals surface area contributed by atoms with Crippen LogP contribution in [-0.4, -0.2) is 27.0 Å². The van der Waals surface area contributed by atoms with Crippen LogP contribution < -0.4 is 5.32 Å². The molecule has 1 atom stereocenters. The first-order chi connectivity index (χ1) is 11.2. The number of aromatic nitrogens is 3. The zero-order valence-electron chi connectivity index (χ0n) is 12.3. The summed E-state index contributed by atoms with van der Waals surface area (Å²) in [5.41, 5.74) is 1.63. The molecule has 116 valence electrons. The van der Waals surface area contributed by atoms with Gasteiger partial charge in [0.25, 0.3) is 5.91 Å². The highest BCUT2D eigenvalue weighted by molar-refractivity contribution is 6.30. The molecule has 1 aromatic carbocycles. The Kier molecular flexibility index (Phi) is 4.68. The predicted molar refractivity (Wildman–Crippen MR) is 88.4 cm³/mol. The molecule has 3 rings (SSSR count). The van der Waals surface area contributed by atoms with Crippen LogP contribution in [0.4, 0.5) is 0 Å². The van der Waals surface area contributed by atoms with Gasteiger partial charge in [-0.1, -0.05) is 23.7 Å². The summed E-state index contributed by atoms with van der Waals surface area (Å²) in [7, 11) is 0. The number of hydrogen-bond acceptors (Lipinski definition) is 3. The third kappa shape index (κ3) is 3.76. The maximum absolute atomic E-state index is 12.2. The molecule has 5 nitrogen and oxygen atoms in total. The van der Waals surface area contributed by atoms with Crippen LogP contribution in [0.3, 0.4) is 0 Å². The van der Waals surface area contributed by atoms with Crippen molar-refractivity contribution in [1.82, 2.24) is 19.9 Å². The predicted octanol–water partition coefficient (Wildman–Crippen LogP) is 2.95. The molecule has 2 aromatic heterocycles. The lowest BCUT2D eigenvalue weighted by molar-refractivity contribution is 0.0949. The second-order valence-electron chi connectivity index (χ2n) is 5.02. The van der Waals surface area contributed by atoms with Gasteiger partial charge in [0.1, 0.15) is 0 Å². The Morgan fingerprint density at radius 2 is 1.83 bits per heavy atom. The van der Waals surface area contributed by atoms with Gasteiger partial charge in [-0.25, -0.2) is 4.98 Å². The van der Waals surface area contributed by atoms with Gasteiger partial charge in [0.05, 0.1) is 12.4 Å². The van der Waals surface area contributed by atoms with Crippen molar-refractivity contribution < 1.29 is 4.79 Å². The topological polar surface area (TPSA) is 59.8 Å². The third-order valence-electron chi connectivity index (χ3n) is 3.54. The lowest BCUT2D eigenvalue weighted by Gasteiger charge is -2.20. The highest BCUT2D eigenvalue weighted by Gasteiger charge is 2.15. The summed E-state index contributed by atoms with van der Waals surface area (Å²) in [6.45, 7) is 0.444. The number of imidazole rings is 1. The molecule has 0 saturated carbocycles. The van der Waals surface area contributed by atoms with Crippen molar-refractivity contribution >= 4 is 17.5 Å². The summed E-state index contributed by atoms with van der Waals surface area (Å²) in [5.74, 6) is -0.133. The molecule has 0 fully saturated rings. The van der Waals surface area contributed by atoms with Gasteiger partial charge in [-0.3, -0.25) is 9.78 Å². The highest BCUT2D eigenvalue weighted by Crippen LogP contribution is 2.20. The third-order valence-corrected chi connectivity index (χ3v) is 3.79. The molecule has 0 saturated heterocycles. The number of amides is 1. The van der Waals surface area contributed by atoms with Gasteiger partial charge in [-0.15, -0.1) is 0 Å². The second-order valence-corrected chi connectivity index (χ2v) is 5.46. The molecule has 0 spiro atoms. The van der Waals surface area contributed by atoms with Gasteiger partial charge >= 0.3 is 0 Å². The Morgan fingerprint density at radius 1 is 1.09 bits per heavy atom. The van der Waals surface area contributed by atoms with E-state index >= 15 is 0 Å². The summed E-state index contributed by atoms with van der Waals surface area (Å²) in [5, 5.41) is 3.63. The van der Waals surface area contributed by atoms with E-state index in [1.807, 2.05) is 35.0 Å². The van der Waals surface area contributed by atoms with E-state index in [1.54, 1.807) is 37.1 Å². The molecule has 0 aliphatic carbocycles. The minimum Gasteiger partial charge on any atom is -0.350 e. The molecule has 1 amide bonds. The molecule has 0 bridgehead atoms. The lowest BCUT2D eigenvalue weighted by atomic mass is 10.1. The first-order valence-electron chi connectivity index (χ1n) is 7.15. The average molecular weight is 327 g/mol. The first-order valence-corrected chi connectivity index (χ1v) is 7.53. The average Bonchev–Trinajstić information content (AvgIpc) is 3.11. The van der Waals surface area contributed by atoms with Crippen LogP contribution in [0.5, 0.6) is 0 Å². The quantitative estimate of drug-likeness (QED) is 0.784. The van der Waals surface area contributed by atoms with Crippen molar-refractivity contribution in [2.75, 3.05) is 6.54 Å². The lowest BCUT2D eigenvalue weighted by Crippen LogP contribution is -2.31. The monoisotopic (exact) mass is 326 g/mol. The van der Waals surface area contributed by atoms with E-state index < -0.39 is 0 Å². The summed E-state index contributed by atoms with van der Waals surface area (Å²) >= 11 is 5.95. The molecule has 0 aliphatic rings. The fraction of sp³-hybridized carbons (Fsp3) is 0.118. The number of hydrogen-bond donors (Lipinski definition) is 1. The number of rotatable bonds is 5. The van der Waals surface area contributed by atoms with Crippen LogP contribution in [0.1, 0.15) is 22.0 Å². The SMILES string of the molecule is O=C(NCC(c1ccc(Cl)cc1)n1ccnc1)c1ccncc1. The molecule has 0 radical (unpaired) electrons. The highest BCUT2D eigenvalue weighted by atomic mass is 35.5. The Bertz CT molecular complexity index is 757. The van der Waals surface area contributed by atoms with E-state index in [4.69, 9.17) is 11.6 Å². The van der Waals surface area contributed by atoms with Crippen molar-refractivity contribution in [3.8, 4) is 0 Å². The van der Waals surface area contributed by atoms with Gasteiger partial charge in [0.2, 0.25) is 0 Å². The minimum atomic E-state index is -0.133. The molecule has 3 aromatic rings. The molecule has 1 N–H and O–H groups in total. The van der Waals surface area contributed by atoms with Crippen LogP contribution in [0.25, 0.3) is 0 Å². The van der Waals surface area contributed by atoms with Crippen LogP contribution in [0.2, 0.25) is 5.02 Å². The minimum absolute atomic E-state index is 0.0550. The Balaban J connectivity index is 1.77. The molecule has 0 aliphatic heterocycles. The maximum Gasteiger partial charge on any atom is 0.251 e. The fourth-order valence-corrected chi connectivity index (χ4v) is 2.45. The standard InChI is InChI=1S/C17H15ClN4O/c18-15-3-1-13(2-4-15)16(22-10-9-20-12-22)11-21-17(23)14-5-7-19-8-6-14/h1-10,12,16H,11H2,(H,21,23). The zero-order valence-corrected chi connectivity index (χ0v) is 13.0. The summed E-state index contributed by atoms with van der Waals surface area (Å²) in [4.78, 5) is 20.2. The van der Waals surface area contributed by atoms with Crippen molar-refractivity contribution in [3.63, 3.8) is 0 Å². The molecular weight excluding hydrogens is 312 g/mol. The van der Waals surface area contributed by atoms with E-state index in [-0.39, 0.29) is 11.9 Å². The number of carbonyl (C=O) groups excluding carboxylic acids is 1. The second kappa shape index (κ2) is 7.07. The molecular formula is C17H15ClN4O. The van der Waals surface area contributed by atoms with Gasteiger partial charge in [-0.05, 0) is 29.8 Å². The molecule has 6 heteroatoms. The number of nitrogens with zero attached hydrogens (tertiary/aromatic N) is 3. The normalized spacial score (nSPS) is 11.9. The Hall–Kier alpha value is -2.66. The zero-order chi connectivity index (χ0) is 16.1. The van der Waals surface area contributed by atoms with Crippen LogP contribution in [0, 0.1) is 0 Å². The maximum atomic E-state index is 12.2. The fourth-order valence-electron chi connectivity index (χ4n) is 2.33. The van der Waals surface area contributed by atoms with E-state index in [9.17, 15) is 4.79 Å². The number of carbonyl (C=O) groups is 1. The van der Waals surface area contributed by atoms with E-state index in [2.05, 4.69) is 15.3 Å². The van der Waals surface area contributed by atoms with Gasteiger partial charge in [-0.2, -0.15) is 0 Å². The largest absolute Gasteiger partial charge is 0.350 e. The summed E-state index contributed by atoms with van der Waals surface area (Å²) in [6, 6.07) is 10.9. The Labute approximate surface area is 139 Å². The molecule has 2 heterocycles. The number of benzene rings is 1. The van der Waals surface area contributed by atoms with Crippen molar-refractivity contribution in [2.24, 2.45) is 0 Å². The van der Waals surface area contributed by atoms with E-state index in [0.29, 0.717) is 17.1 Å². The number of nitrogens with one attached hydrogen (secondary N) is 1. The van der Waals surface area contributed by atoms with Crippen molar-refractivity contribution in [1.29, 1.82) is 0 Å². The number of halogens is 1. The van der Waals surface area contributed by atoms with Crippen LogP contribution in [0.15, 0.2) is 67.5 Å². The van der Waals surface area contributed by atoms with Gasteiger partial charge in [0, 0.05) is 41.9 Å².